The van der Waals surface area contributed by atoms with Gasteiger partial charge in [0, 0.05) is 17.8 Å². The lowest BCUT2D eigenvalue weighted by atomic mass is 9.53. The van der Waals surface area contributed by atoms with Gasteiger partial charge in [0.05, 0.1) is 29.0 Å². The van der Waals surface area contributed by atoms with Crippen molar-refractivity contribution >= 4 is 16.1 Å². The van der Waals surface area contributed by atoms with Crippen LogP contribution in [0.25, 0.3) is 0 Å². The molecule has 0 amide bonds. The Kier molecular flexibility index (Phi) is 3.61. The first-order valence-electron chi connectivity index (χ1n) is 9.02. The zero-order valence-electron chi connectivity index (χ0n) is 15.6. The van der Waals surface area contributed by atoms with Crippen LogP contribution in [-0.2, 0) is 29.1 Å². The second kappa shape index (κ2) is 5.01. The highest BCUT2D eigenvalue weighted by molar-refractivity contribution is 7.87. The van der Waals surface area contributed by atoms with Crippen molar-refractivity contribution in [2.45, 2.75) is 74.6 Å². The summed E-state index contributed by atoms with van der Waals surface area (Å²) in [4.78, 5) is 11.6. The molecule has 7 unspecified atom stereocenters. The molecule has 27 heavy (non-hydrogen) atoms. The zero-order valence-corrected chi connectivity index (χ0v) is 16.4. The largest absolute Gasteiger partial charge is 0.465 e. The lowest BCUT2D eigenvalue weighted by molar-refractivity contribution is -0.166. The van der Waals surface area contributed by atoms with Crippen LogP contribution in [0.15, 0.2) is 0 Å². The fourth-order valence-corrected chi connectivity index (χ4v) is 6.90. The molecule has 0 aromatic heterocycles. The molecular formula is C17H24F2O7S. The van der Waals surface area contributed by atoms with Gasteiger partial charge >= 0.3 is 21.3 Å². The van der Waals surface area contributed by atoms with Crippen molar-refractivity contribution in [2.24, 2.45) is 17.8 Å². The SMILES string of the molecule is CC12CCC(C)(O1)C1C2C2(C)CC(COC(=O)C(F)(F)S(=O)(=O)O)C1(C)O2. The predicted octanol–water partition coefficient (Wildman–Crippen LogP) is 2.15. The maximum Gasteiger partial charge on any atom is 0.465 e. The molecular weight excluding hydrogens is 386 g/mol. The summed E-state index contributed by atoms with van der Waals surface area (Å²) in [5.74, 6) is -2.48. The normalized spacial score (nSPS) is 50.9. The monoisotopic (exact) mass is 410 g/mol. The maximum atomic E-state index is 13.4. The van der Waals surface area contributed by atoms with E-state index in [9.17, 15) is 22.0 Å². The van der Waals surface area contributed by atoms with Gasteiger partial charge < -0.3 is 14.2 Å². The first-order valence-corrected chi connectivity index (χ1v) is 10.5. The fraction of sp³-hybridized carbons (Fsp3) is 0.941. The summed E-state index contributed by atoms with van der Waals surface area (Å²) in [5.41, 5.74) is -1.96. The predicted molar refractivity (Wildman–Crippen MR) is 87.6 cm³/mol. The Hall–Kier alpha value is -0.840. The van der Waals surface area contributed by atoms with Crippen LogP contribution < -0.4 is 0 Å². The van der Waals surface area contributed by atoms with Gasteiger partial charge in [-0.1, -0.05) is 0 Å². The number of esters is 1. The number of carbonyl (C=O) groups is 1. The summed E-state index contributed by atoms with van der Waals surface area (Å²) in [6.07, 6.45) is 2.29. The Morgan fingerprint density at radius 1 is 1.11 bits per heavy atom. The van der Waals surface area contributed by atoms with E-state index in [2.05, 4.69) is 11.7 Å². The van der Waals surface area contributed by atoms with E-state index < -0.39 is 44.8 Å². The van der Waals surface area contributed by atoms with E-state index in [0.717, 1.165) is 12.8 Å². The van der Waals surface area contributed by atoms with Gasteiger partial charge in [-0.05, 0) is 47.0 Å². The summed E-state index contributed by atoms with van der Waals surface area (Å²) >= 11 is 0. The quantitative estimate of drug-likeness (QED) is 0.560. The van der Waals surface area contributed by atoms with Crippen molar-refractivity contribution in [2.75, 3.05) is 6.61 Å². The molecule has 10 heteroatoms. The molecule has 7 nitrogen and oxygen atoms in total. The Morgan fingerprint density at radius 2 is 1.67 bits per heavy atom. The molecule has 0 aromatic carbocycles. The van der Waals surface area contributed by atoms with Gasteiger partial charge in [-0.2, -0.15) is 17.2 Å². The van der Waals surface area contributed by atoms with E-state index in [0.29, 0.717) is 6.42 Å². The number of ether oxygens (including phenoxy) is 3. The number of hydrogen-bond donors (Lipinski definition) is 1. The Bertz CT molecular complexity index is 816. The highest BCUT2D eigenvalue weighted by atomic mass is 32.2. The van der Waals surface area contributed by atoms with E-state index in [1.807, 2.05) is 20.8 Å². The summed E-state index contributed by atoms with van der Waals surface area (Å²) in [6.45, 7) is 7.58. The van der Waals surface area contributed by atoms with Gasteiger partial charge in [-0.3, -0.25) is 4.55 Å². The van der Waals surface area contributed by atoms with Crippen LogP contribution in [0.5, 0.6) is 0 Å². The molecule has 4 aliphatic rings. The topological polar surface area (TPSA) is 99.1 Å². The summed E-state index contributed by atoms with van der Waals surface area (Å²) < 4.78 is 74.2. The molecule has 154 valence electrons. The Labute approximate surface area is 156 Å². The van der Waals surface area contributed by atoms with Gasteiger partial charge in [0.25, 0.3) is 0 Å². The number of alkyl halides is 2. The van der Waals surface area contributed by atoms with Gasteiger partial charge in [0.2, 0.25) is 0 Å². The van der Waals surface area contributed by atoms with Gasteiger partial charge in [0.15, 0.2) is 0 Å². The van der Waals surface area contributed by atoms with Crippen molar-refractivity contribution in [3.05, 3.63) is 0 Å². The highest BCUT2D eigenvalue weighted by Crippen LogP contribution is 2.74. The van der Waals surface area contributed by atoms with Gasteiger partial charge in [0.1, 0.15) is 0 Å². The van der Waals surface area contributed by atoms with Crippen molar-refractivity contribution in [3.63, 3.8) is 0 Å². The number of rotatable bonds is 4. The van der Waals surface area contributed by atoms with Crippen molar-refractivity contribution in [1.82, 2.24) is 0 Å². The van der Waals surface area contributed by atoms with Crippen molar-refractivity contribution in [3.8, 4) is 0 Å². The molecule has 4 bridgehead atoms. The van der Waals surface area contributed by atoms with E-state index in [1.165, 1.54) is 0 Å². The average Bonchev–Trinajstić information content (AvgIpc) is 3.12. The van der Waals surface area contributed by atoms with Crippen molar-refractivity contribution in [1.29, 1.82) is 0 Å². The van der Waals surface area contributed by atoms with Crippen LogP contribution >= 0.6 is 0 Å². The molecule has 1 N–H and O–H groups in total. The molecule has 0 radical (unpaired) electrons. The van der Waals surface area contributed by atoms with E-state index in [-0.39, 0.29) is 23.4 Å². The van der Waals surface area contributed by atoms with E-state index >= 15 is 0 Å². The third kappa shape index (κ3) is 2.27. The molecule has 4 saturated heterocycles. The highest BCUT2D eigenvalue weighted by Gasteiger charge is 2.80. The third-order valence-electron chi connectivity index (χ3n) is 7.40. The van der Waals surface area contributed by atoms with Crippen LogP contribution in [0.4, 0.5) is 8.78 Å². The number of halogens is 2. The molecule has 4 aliphatic heterocycles. The fourth-order valence-electron chi connectivity index (χ4n) is 6.63. The number of fused-ring (bicyclic) bond motifs is 9. The summed E-state index contributed by atoms with van der Waals surface area (Å²) in [6, 6.07) is 0. The molecule has 0 aromatic rings. The minimum absolute atomic E-state index is 0.0216. The van der Waals surface area contributed by atoms with Crippen molar-refractivity contribution < 1.29 is 40.8 Å². The zero-order chi connectivity index (χ0) is 20.3. The van der Waals surface area contributed by atoms with Crippen LogP contribution in [0.3, 0.4) is 0 Å². The minimum atomic E-state index is -5.88. The molecule has 0 aliphatic carbocycles. The van der Waals surface area contributed by atoms with Crippen LogP contribution in [0.2, 0.25) is 0 Å². The van der Waals surface area contributed by atoms with E-state index in [1.54, 1.807) is 0 Å². The summed E-state index contributed by atoms with van der Waals surface area (Å²) in [5, 5.41) is -4.99. The Balaban J connectivity index is 1.56. The first-order chi connectivity index (χ1) is 12.1. The third-order valence-corrected chi connectivity index (χ3v) is 8.22. The van der Waals surface area contributed by atoms with E-state index in [4.69, 9.17) is 14.0 Å². The lowest BCUT2D eigenvalue weighted by Gasteiger charge is -2.46. The molecule has 4 heterocycles. The first kappa shape index (κ1) is 19.5. The second-order valence-electron chi connectivity index (χ2n) is 9.27. The minimum Gasteiger partial charge on any atom is -0.460 e. The van der Waals surface area contributed by atoms with Crippen LogP contribution in [0.1, 0.15) is 47.0 Å². The smallest absolute Gasteiger partial charge is 0.460 e. The molecule has 4 rings (SSSR count). The molecule has 7 atom stereocenters. The molecule has 0 spiro atoms. The lowest BCUT2D eigenvalue weighted by Crippen LogP contribution is -2.55. The standard InChI is InChI=1S/C17H24F2O7S/c1-13-5-6-14(2,25-13)11-10(13)15(3)7-9(16(11,4)26-15)8-24-12(20)17(18,19)27(21,22)23/h9-11H,5-8H2,1-4H3,(H,21,22,23). The number of hydrogen-bond acceptors (Lipinski definition) is 6. The maximum absolute atomic E-state index is 13.4. The summed E-state index contributed by atoms with van der Waals surface area (Å²) in [7, 11) is -5.88. The van der Waals surface area contributed by atoms with Crippen LogP contribution in [0, 0.1) is 17.8 Å². The van der Waals surface area contributed by atoms with Gasteiger partial charge in [-0.25, -0.2) is 4.79 Å². The number of carbonyl (C=O) groups excluding carboxylic acids is 1. The molecule has 0 saturated carbocycles. The van der Waals surface area contributed by atoms with Gasteiger partial charge in [-0.15, -0.1) is 0 Å². The Morgan fingerprint density at radius 3 is 2.22 bits per heavy atom. The second-order valence-corrected chi connectivity index (χ2v) is 10.7. The average molecular weight is 410 g/mol. The molecule has 4 fully saturated rings. The van der Waals surface area contributed by atoms with Crippen LogP contribution in [-0.4, -0.2) is 53.2 Å².